The first-order chi connectivity index (χ1) is 16.8. The van der Waals surface area contributed by atoms with Crippen LogP contribution < -0.4 is 5.73 Å². The van der Waals surface area contributed by atoms with Gasteiger partial charge in [0.15, 0.2) is 0 Å². The Morgan fingerprint density at radius 1 is 1.03 bits per heavy atom. The molecule has 11 heteroatoms. The van der Waals surface area contributed by atoms with E-state index >= 15 is 0 Å². The average Bonchev–Trinajstić information content (AvgIpc) is 3.28. The molecule has 1 atom stereocenters. The zero-order chi connectivity index (χ0) is 25.0. The molecule has 4 rings (SSSR count). The first kappa shape index (κ1) is 24.5. The Morgan fingerprint density at radius 2 is 1.69 bits per heavy atom. The minimum atomic E-state index is -4.09. The molecule has 1 amide bonds. The molecule has 0 aliphatic carbocycles. The fraction of sp³-hybridized carbons (Fsp3) is 0.167. The van der Waals surface area contributed by atoms with E-state index in [1.807, 2.05) is 24.3 Å². The Hall–Kier alpha value is -3.60. The van der Waals surface area contributed by atoms with Crippen LogP contribution in [0.3, 0.4) is 0 Å². The maximum absolute atomic E-state index is 13.7. The lowest BCUT2D eigenvalue weighted by Gasteiger charge is -2.29. The number of carbonyl (C=O) groups is 1. The van der Waals surface area contributed by atoms with Gasteiger partial charge >= 0.3 is 0 Å². The summed E-state index contributed by atoms with van der Waals surface area (Å²) in [5.74, 6) is -0.276. The van der Waals surface area contributed by atoms with Crippen molar-refractivity contribution in [1.82, 2.24) is 24.5 Å². The fourth-order valence-corrected chi connectivity index (χ4v) is 5.41. The zero-order valence-corrected chi connectivity index (χ0v) is 20.4. The minimum Gasteiger partial charge on any atom is -0.368 e. The van der Waals surface area contributed by atoms with E-state index in [4.69, 9.17) is 17.3 Å². The summed E-state index contributed by atoms with van der Waals surface area (Å²) >= 11 is 5.95. The van der Waals surface area contributed by atoms with Crippen molar-refractivity contribution in [3.8, 4) is 11.4 Å². The number of hydrogen-bond acceptors (Lipinski definition) is 6. The van der Waals surface area contributed by atoms with Gasteiger partial charge in [0.05, 0.1) is 11.9 Å². The Bertz CT molecular complexity index is 1410. The van der Waals surface area contributed by atoms with Gasteiger partial charge in [0.1, 0.15) is 6.04 Å². The molecule has 0 saturated carbocycles. The standard InChI is InChI=1S/C24H23ClN6O3S/c1-30-28-24(27-29-30)19-9-7-17(8-10-19)15-16-31(22(23(26)32)18-5-3-2-4-6-18)35(33,34)21-13-11-20(25)12-14-21/h2-14,22H,15-16H2,1H3,(H2,26,32). The molecule has 35 heavy (non-hydrogen) atoms. The summed E-state index contributed by atoms with van der Waals surface area (Å²) in [6.45, 7) is 0.0240. The van der Waals surface area contributed by atoms with E-state index in [-0.39, 0.29) is 11.4 Å². The van der Waals surface area contributed by atoms with E-state index in [2.05, 4.69) is 15.4 Å². The number of aromatic nitrogens is 4. The number of hydrogen-bond donors (Lipinski definition) is 1. The van der Waals surface area contributed by atoms with Crippen molar-refractivity contribution in [3.05, 3.63) is 95.0 Å². The van der Waals surface area contributed by atoms with Crippen molar-refractivity contribution < 1.29 is 13.2 Å². The van der Waals surface area contributed by atoms with Crippen LogP contribution in [-0.4, -0.2) is 45.4 Å². The number of nitrogens with zero attached hydrogens (tertiary/aromatic N) is 5. The monoisotopic (exact) mass is 510 g/mol. The van der Waals surface area contributed by atoms with Crippen molar-refractivity contribution in [2.45, 2.75) is 17.4 Å². The number of benzene rings is 3. The van der Waals surface area contributed by atoms with Crippen molar-refractivity contribution >= 4 is 27.5 Å². The number of nitrogens with two attached hydrogens (primary N) is 1. The Labute approximate surface area is 208 Å². The SMILES string of the molecule is Cn1nnc(-c2ccc(CCN(C(C(N)=O)c3ccccc3)S(=O)(=O)c3ccc(Cl)cc3)cc2)n1. The van der Waals surface area contributed by atoms with Gasteiger partial charge < -0.3 is 5.73 Å². The van der Waals surface area contributed by atoms with Crippen molar-refractivity contribution in [1.29, 1.82) is 0 Å². The zero-order valence-electron chi connectivity index (χ0n) is 18.8. The second kappa shape index (κ2) is 10.3. The van der Waals surface area contributed by atoms with Gasteiger partial charge in [-0.15, -0.1) is 10.2 Å². The van der Waals surface area contributed by atoms with Crippen LogP contribution in [0.25, 0.3) is 11.4 Å². The molecule has 0 bridgehead atoms. The van der Waals surface area contributed by atoms with Crippen LogP contribution in [-0.2, 0) is 28.3 Å². The first-order valence-electron chi connectivity index (χ1n) is 10.7. The summed E-state index contributed by atoms with van der Waals surface area (Å²) < 4.78 is 28.5. The van der Waals surface area contributed by atoms with Crippen LogP contribution in [0.4, 0.5) is 0 Å². The van der Waals surface area contributed by atoms with Crippen LogP contribution in [0.1, 0.15) is 17.2 Å². The maximum atomic E-state index is 13.7. The highest BCUT2D eigenvalue weighted by Gasteiger charge is 2.35. The molecular weight excluding hydrogens is 488 g/mol. The molecular formula is C24H23ClN6O3S. The summed E-state index contributed by atoms with van der Waals surface area (Å²) in [5.41, 5.74) is 7.87. The summed E-state index contributed by atoms with van der Waals surface area (Å²) in [5, 5.41) is 12.4. The quantitative estimate of drug-likeness (QED) is 0.369. The molecule has 3 aromatic carbocycles. The lowest BCUT2D eigenvalue weighted by molar-refractivity contribution is -0.121. The minimum absolute atomic E-state index is 0.0214. The van der Waals surface area contributed by atoms with Crippen molar-refractivity contribution in [2.75, 3.05) is 6.54 Å². The van der Waals surface area contributed by atoms with Gasteiger partial charge in [-0.05, 0) is 47.0 Å². The second-order valence-corrected chi connectivity index (χ2v) is 10.2. The maximum Gasteiger partial charge on any atom is 0.244 e. The lowest BCUT2D eigenvalue weighted by Crippen LogP contribution is -2.42. The van der Waals surface area contributed by atoms with Gasteiger partial charge in [0.2, 0.25) is 21.8 Å². The third-order valence-corrected chi connectivity index (χ3v) is 7.57. The van der Waals surface area contributed by atoms with Crippen LogP contribution in [0.5, 0.6) is 0 Å². The smallest absolute Gasteiger partial charge is 0.244 e. The third kappa shape index (κ3) is 5.56. The molecule has 0 aliphatic heterocycles. The number of carbonyl (C=O) groups excluding carboxylic acids is 1. The topological polar surface area (TPSA) is 124 Å². The molecule has 9 nitrogen and oxygen atoms in total. The molecule has 1 unspecified atom stereocenters. The fourth-order valence-electron chi connectivity index (χ4n) is 3.70. The summed E-state index contributed by atoms with van der Waals surface area (Å²) in [6.07, 6.45) is 0.345. The number of halogens is 1. The molecule has 180 valence electrons. The molecule has 4 aromatic rings. The molecule has 0 fully saturated rings. The Balaban J connectivity index is 1.66. The number of amides is 1. The van der Waals surface area contributed by atoms with E-state index in [1.165, 1.54) is 29.1 Å². The van der Waals surface area contributed by atoms with E-state index < -0.39 is 22.0 Å². The van der Waals surface area contributed by atoms with Gasteiger partial charge in [0.25, 0.3) is 0 Å². The predicted molar refractivity (Wildman–Crippen MR) is 132 cm³/mol. The highest BCUT2D eigenvalue weighted by molar-refractivity contribution is 7.89. The number of sulfonamides is 1. The summed E-state index contributed by atoms with van der Waals surface area (Å²) in [6, 6.07) is 20.7. The molecule has 0 spiro atoms. The summed E-state index contributed by atoms with van der Waals surface area (Å²) in [7, 11) is -2.40. The Kier molecular flexibility index (Phi) is 7.25. The van der Waals surface area contributed by atoms with Crippen LogP contribution in [0, 0.1) is 0 Å². The lowest BCUT2D eigenvalue weighted by atomic mass is 10.1. The number of tetrazole rings is 1. The van der Waals surface area contributed by atoms with E-state index in [0.717, 1.165) is 15.4 Å². The largest absolute Gasteiger partial charge is 0.368 e. The predicted octanol–water partition coefficient (Wildman–Crippen LogP) is 2.99. The number of rotatable bonds is 9. The normalized spacial score (nSPS) is 12.5. The molecule has 0 radical (unpaired) electrons. The van der Waals surface area contributed by atoms with E-state index in [0.29, 0.717) is 22.8 Å². The van der Waals surface area contributed by atoms with Crippen LogP contribution in [0.2, 0.25) is 5.02 Å². The van der Waals surface area contributed by atoms with Crippen molar-refractivity contribution in [3.63, 3.8) is 0 Å². The highest BCUT2D eigenvalue weighted by atomic mass is 35.5. The van der Waals surface area contributed by atoms with E-state index in [1.54, 1.807) is 37.4 Å². The molecule has 0 aliphatic rings. The molecule has 1 aromatic heterocycles. The van der Waals surface area contributed by atoms with Crippen molar-refractivity contribution in [2.24, 2.45) is 12.8 Å². The molecule has 2 N–H and O–H groups in total. The van der Waals surface area contributed by atoms with Gasteiger partial charge in [0, 0.05) is 17.1 Å². The average molecular weight is 511 g/mol. The number of primary amides is 1. The molecule has 0 saturated heterocycles. The van der Waals surface area contributed by atoms with E-state index in [9.17, 15) is 13.2 Å². The van der Waals surface area contributed by atoms with Gasteiger partial charge in [-0.1, -0.05) is 66.2 Å². The second-order valence-electron chi connectivity index (χ2n) is 7.83. The molecule has 1 heterocycles. The van der Waals surface area contributed by atoms with Gasteiger partial charge in [-0.2, -0.15) is 9.10 Å². The van der Waals surface area contributed by atoms with Gasteiger partial charge in [-0.25, -0.2) is 8.42 Å². The first-order valence-corrected chi connectivity index (χ1v) is 12.5. The van der Waals surface area contributed by atoms with Gasteiger partial charge in [-0.3, -0.25) is 4.79 Å². The van der Waals surface area contributed by atoms with Crippen LogP contribution in [0.15, 0.2) is 83.8 Å². The highest BCUT2D eigenvalue weighted by Crippen LogP contribution is 2.29. The van der Waals surface area contributed by atoms with Crippen LogP contribution >= 0.6 is 11.6 Å². The summed E-state index contributed by atoms with van der Waals surface area (Å²) in [4.78, 5) is 14.0. The number of aryl methyl sites for hydroxylation is 1. The Morgan fingerprint density at radius 3 is 2.26 bits per heavy atom. The third-order valence-electron chi connectivity index (χ3n) is 5.43.